The summed E-state index contributed by atoms with van der Waals surface area (Å²) in [5, 5.41) is 14.9. The quantitative estimate of drug-likeness (QED) is 0.816. The molecule has 2 rings (SSSR count). The molecule has 2 aromatic heterocycles. The Morgan fingerprint density at radius 2 is 2.13 bits per heavy atom. The summed E-state index contributed by atoms with van der Waals surface area (Å²) in [6.07, 6.45) is 1.62. The minimum atomic E-state index is -0.514. The maximum atomic E-state index is 12.2. The highest BCUT2D eigenvalue weighted by atomic mass is 35.5. The van der Waals surface area contributed by atoms with Crippen LogP contribution in [0.15, 0.2) is 12.3 Å². The second-order valence-corrected chi connectivity index (χ2v) is 6.11. The fraction of sp³-hybridized carbons (Fsp3) is 0.429. The van der Waals surface area contributed by atoms with E-state index in [0.717, 1.165) is 11.4 Å². The van der Waals surface area contributed by atoms with Crippen LogP contribution in [0.1, 0.15) is 30.0 Å². The van der Waals surface area contributed by atoms with Gasteiger partial charge in [0.15, 0.2) is 5.11 Å². The Hall–Kier alpha value is -1.93. The lowest BCUT2D eigenvalue weighted by atomic mass is 10.3. The van der Waals surface area contributed by atoms with Gasteiger partial charge in [-0.05, 0) is 39.1 Å². The molecule has 23 heavy (non-hydrogen) atoms. The third-order valence-electron chi connectivity index (χ3n) is 3.40. The topological polar surface area (TPSA) is 76.8 Å². The monoisotopic (exact) mass is 354 g/mol. The zero-order valence-electron chi connectivity index (χ0n) is 13.4. The number of hydrogen-bond acceptors (Lipinski definition) is 4. The van der Waals surface area contributed by atoms with Gasteiger partial charge in [-0.1, -0.05) is 11.6 Å². The molecule has 2 heterocycles. The van der Waals surface area contributed by atoms with Crippen LogP contribution >= 0.6 is 23.8 Å². The Kier molecular flexibility index (Phi) is 5.38. The van der Waals surface area contributed by atoms with E-state index in [1.165, 1.54) is 4.68 Å². The maximum absolute atomic E-state index is 12.2. The molecule has 2 N–H and O–H groups in total. The molecular formula is C14H19ClN6OS. The van der Waals surface area contributed by atoms with E-state index in [1.807, 2.05) is 20.0 Å². The Balaban J connectivity index is 1.89. The third kappa shape index (κ3) is 4.29. The summed E-state index contributed by atoms with van der Waals surface area (Å²) in [6.45, 7) is 5.91. The highest BCUT2D eigenvalue weighted by molar-refractivity contribution is 7.80. The molecule has 0 aliphatic carbocycles. The van der Waals surface area contributed by atoms with Crippen molar-refractivity contribution in [1.29, 1.82) is 0 Å². The highest BCUT2D eigenvalue weighted by Crippen LogP contribution is 2.15. The van der Waals surface area contributed by atoms with Gasteiger partial charge in [0.1, 0.15) is 6.04 Å². The molecule has 0 fully saturated rings. The third-order valence-corrected chi connectivity index (χ3v) is 4.02. The molecule has 0 spiro atoms. The maximum Gasteiger partial charge on any atom is 0.250 e. The first-order chi connectivity index (χ1) is 10.8. The highest BCUT2D eigenvalue weighted by Gasteiger charge is 2.18. The van der Waals surface area contributed by atoms with Crippen molar-refractivity contribution in [1.82, 2.24) is 30.2 Å². The van der Waals surface area contributed by atoms with Gasteiger partial charge in [0.2, 0.25) is 0 Å². The number of nitrogens with one attached hydrogen (secondary N) is 2. The van der Waals surface area contributed by atoms with Gasteiger partial charge in [0.25, 0.3) is 5.91 Å². The van der Waals surface area contributed by atoms with Crippen molar-refractivity contribution < 1.29 is 4.79 Å². The second kappa shape index (κ2) is 7.10. The van der Waals surface area contributed by atoms with Gasteiger partial charge in [0.05, 0.1) is 28.6 Å². The van der Waals surface area contributed by atoms with E-state index in [9.17, 15) is 4.79 Å². The van der Waals surface area contributed by atoms with Crippen LogP contribution < -0.4 is 10.6 Å². The lowest BCUT2D eigenvalue weighted by Gasteiger charge is -2.14. The molecule has 0 saturated heterocycles. The molecule has 0 aliphatic heterocycles. The predicted molar refractivity (Wildman–Crippen MR) is 92.2 cm³/mol. The van der Waals surface area contributed by atoms with Crippen LogP contribution in [-0.4, -0.2) is 30.6 Å². The first-order valence-electron chi connectivity index (χ1n) is 7.07. The molecular weight excluding hydrogens is 336 g/mol. The van der Waals surface area contributed by atoms with Gasteiger partial charge in [-0.15, -0.1) is 0 Å². The number of rotatable bonds is 4. The average Bonchev–Trinajstić information content (AvgIpc) is 2.98. The van der Waals surface area contributed by atoms with Crippen LogP contribution in [0.4, 0.5) is 0 Å². The van der Waals surface area contributed by atoms with Gasteiger partial charge in [-0.2, -0.15) is 10.2 Å². The summed E-state index contributed by atoms with van der Waals surface area (Å²) in [5.41, 5.74) is 2.58. The number of aromatic nitrogens is 4. The lowest BCUT2D eigenvalue weighted by Crippen LogP contribution is -2.42. The molecule has 0 aliphatic rings. The molecule has 0 unspecified atom stereocenters. The molecule has 0 aromatic carbocycles. The number of carbonyl (C=O) groups is 1. The van der Waals surface area contributed by atoms with E-state index < -0.39 is 6.04 Å². The van der Waals surface area contributed by atoms with Crippen molar-refractivity contribution in [2.75, 3.05) is 0 Å². The Labute approximate surface area is 145 Å². The SMILES string of the molecule is Cc1cc(CNC(=S)NC(=O)[C@@H](C)n2cc(Cl)c(C)n2)n(C)n1. The summed E-state index contributed by atoms with van der Waals surface area (Å²) in [5.74, 6) is -0.261. The molecule has 9 heteroatoms. The largest absolute Gasteiger partial charge is 0.357 e. The molecule has 1 atom stereocenters. The van der Waals surface area contributed by atoms with Gasteiger partial charge in [0, 0.05) is 13.2 Å². The molecule has 0 saturated carbocycles. The number of aryl methyl sites for hydroxylation is 3. The summed E-state index contributed by atoms with van der Waals surface area (Å²) >= 11 is 11.1. The first-order valence-corrected chi connectivity index (χ1v) is 7.86. The van der Waals surface area contributed by atoms with Crippen molar-refractivity contribution in [2.24, 2.45) is 7.05 Å². The first kappa shape index (κ1) is 17.4. The Bertz CT molecular complexity index is 718. The van der Waals surface area contributed by atoms with E-state index >= 15 is 0 Å². The van der Waals surface area contributed by atoms with Crippen molar-refractivity contribution in [3.8, 4) is 0 Å². The van der Waals surface area contributed by atoms with Crippen LogP contribution in [0.25, 0.3) is 0 Å². The van der Waals surface area contributed by atoms with Crippen molar-refractivity contribution in [2.45, 2.75) is 33.4 Å². The zero-order valence-corrected chi connectivity index (χ0v) is 15.0. The van der Waals surface area contributed by atoms with Crippen LogP contribution in [0.5, 0.6) is 0 Å². The standard InChI is InChI=1S/C14H19ClN6OS/c1-8-5-11(20(4)18-8)6-16-14(23)17-13(22)10(3)21-7-12(15)9(2)19-21/h5,7,10H,6H2,1-4H3,(H2,16,17,22,23)/t10-/m1/s1. The molecule has 2 aromatic rings. The lowest BCUT2D eigenvalue weighted by molar-refractivity contribution is -0.122. The minimum Gasteiger partial charge on any atom is -0.357 e. The van der Waals surface area contributed by atoms with E-state index in [4.69, 9.17) is 23.8 Å². The summed E-state index contributed by atoms with van der Waals surface area (Å²) in [7, 11) is 1.86. The van der Waals surface area contributed by atoms with Gasteiger partial charge >= 0.3 is 0 Å². The normalized spacial score (nSPS) is 12.0. The number of thiocarbonyl (C=S) groups is 1. The Morgan fingerprint density at radius 1 is 1.43 bits per heavy atom. The van der Waals surface area contributed by atoms with Crippen LogP contribution in [-0.2, 0) is 18.4 Å². The summed E-state index contributed by atoms with van der Waals surface area (Å²) in [4.78, 5) is 12.2. The smallest absolute Gasteiger partial charge is 0.250 e. The van der Waals surface area contributed by atoms with Crippen LogP contribution in [0.3, 0.4) is 0 Å². The fourth-order valence-electron chi connectivity index (χ4n) is 2.04. The number of hydrogen-bond donors (Lipinski definition) is 2. The van der Waals surface area contributed by atoms with E-state index in [0.29, 0.717) is 17.3 Å². The fourth-order valence-corrected chi connectivity index (χ4v) is 2.35. The summed E-state index contributed by atoms with van der Waals surface area (Å²) < 4.78 is 3.28. The Morgan fingerprint density at radius 3 is 2.65 bits per heavy atom. The van der Waals surface area contributed by atoms with Crippen molar-refractivity contribution in [3.63, 3.8) is 0 Å². The van der Waals surface area contributed by atoms with Gasteiger partial charge < -0.3 is 10.6 Å². The molecule has 0 radical (unpaired) electrons. The van der Waals surface area contributed by atoms with Crippen LogP contribution in [0, 0.1) is 13.8 Å². The predicted octanol–water partition coefficient (Wildman–Crippen LogP) is 1.64. The van der Waals surface area contributed by atoms with Crippen molar-refractivity contribution >= 4 is 34.8 Å². The second-order valence-electron chi connectivity index (χ2n) is 5.29. The molecule has 7 nitrogen and oxygen atoms in total. The number of nitrogens with zero attached hydrogens (tertiary/aromatic N) is 4. The zero-order chi connectivity index (χ0) is 17.1. The molecule has 0 bridgehead atoms. The molecule has 1 amide bonds. The van der Waals surface area contributed by atoms with E-state index in [2.05, 4.69) is 20.8 Å². The van der Waals surface area contributed by atoms with Gasteiger partial charge in [-0.3, -0.25) is 14.2 Å². The number of amides is 1. The minimum absolute atomic E-state index is 0.260. The van der Waals surface area contributed by atoms with Crippen molar-refractivity contribution in [3.05, 3.63) is 34.4 Å². The number of carbonyl (C=O) groups excluding carboxylic acids is 1. The van der Waals surface area contributed by atoms with Crippen LogP contribution in [0.2, 0.25) is 5.02 Å². The van der Waals surface area contributed by atoms with E-state index in [-0.39, 0.29) is 11.0 Å². The average molecular weight is 355 g/mol. The molecule has 124 valence electrons. The summed E-state index contributed by atoms with van der Waals surface area (Å²) in [6, 6.07) is 1.44. The number of halogens is 1. The van der Waals surface area contributed by atoms with Gasteiger partial charge in [-0.25, -0.2) is 0 Å². The van der Waals surface area contributed by atoms with E-state index in [1.54, 1.807) is 24.7 Å².